The van der Waals surface area contributed by atoms with Gasteiger partial charge in [0.1, 0.15) is 5.69 Å². The van der Waals surface area contributed by atoms with Crippen molar-refractivity contribution in [1.82, 2.24) is 25.2 Å². The minimum Gasteiger partial charge on any atom is -0.332 e. The second kappa shape index (κ2) is 6.20. The number of hydrogen-bond donors (Lipinski definition) is 1. The second-order valence-electron chi connectivity index (χ2n) is 6.39. The normalized spacial score (nSPS) is 15.6. The van der Waals surface area contributed by atoms with E-state index in [1.807, 2.05) is 42.1 Å². The van der Waals surface area contributed by atoms with Gasteiger partial charge in [0, 0.05) is 18.4 Å². The van der Waals surface area contributed by atoms with Gasteiger partial charge in [-0.25, -0.2) is 4.68 Å². The van der Waals surface area contributed by atoms with E-state index in [-0.39, 0.29) is 0 Å². The van der Waals surface area contributed by atoms with Gasteiger partial charge in [0.2, 0.25) is 0 Å². The van der Waals surface area contributed by atoms with E-state index in [0.29, 0.717) is 23.7 Å². The van der Waals surface area contributed by atoms with Gasteiger partial charge in [-0.15, -0.1) is 0 Å². The van der Waals surface area contributed by atoms with Gasteiger partial charge in [-0.05, 0) is 45.0 Å². The van der Waals surface area contributed by atoms with E-state index in [2.05, 4.69) is 28.4 Å². The first-order valence-corrected chi connectivity index (χ1v) is 8.40. The average molecular weight is 323 g/mol. The molecule has 124 valence electrons. The summed E-state index contributed by atoms with van der Waals surface area (Å²) < 4.78 is 7.43. The summed E-state index contributed by atoms with van der Waals surface area (Å²) in [4.78, 5) is 4.57. The lowest BCUT2D eigenvalue weighted by atomic mass is 10.2. The zero-order valence-electron chi connectivity index (χ0n) is 13.9. The van der Waals surface area contributed by atoms with Crippen molar-refractivity contribution in [3.8, 4) is 17.3 Å². The van der Waals surface area contributed by atoms with Crippen LogP contribution in [-0.2, 0) is 6.42 Å². The van der Waals surface area contributed by atoms with Gasteiger partial charge >= 0.3 is 0 Å². The number of nitrogens with one attached hydrogen (secondary N) is 1. The molecule has 0 saturated heterocycles. The van der Waals surface area contributed by atoms with Gasteiger partial charge in [0.15, 0.2) is 5.82 Å². The molecule has 2 aromatic heterocycles. The summed E-state index contributed by atoms with van der Waals surface area (Å²) in [6, 6.07) is 12.5. The standard InChI is InChI=1S/C18H21N5O/c1-12(19-2)10-17-20-18(24-22-17)16-11-15(13-8-9-13)21-23(16)14-6-4-3-5-7-14/h3-7,11-13,19H,8-10H2,1-2H3. The van der Waals surface area contributed by atoms with Gasteiger partial charge in [0.25, 0.3) is 5.89 Å². The molecule has 1 aliphatic carbocycles. The molecule has 6 nitrogen and oxygen atoms in total. The maximum absolute atomic E-state index is 5.52. The van der Waals surface area contributed by atoms with Crippen molar-refractivity contribution in [3.05, 3.63) is 47.9 Å². The lowest BCUT2D eigenvalue weighted by Crippen LogP contribution is -2.24. The van der Waals surface area contributed by atoms with E-state index in [9.17, 15) is 0 Å². The van der Waals surface area contributed by atoms with Crippen LogP contribution in [0.15, 0.2) is 40.9 Å². The Kier molecular flexibility index (Phi) is 3.90. The summed E-state index contributed by atoms with van der Waals surface area (Å²) in [7, 11) is 1.93. The molecule has 0 spiro atoms. The number of aromatic nitrogens is 4. The summed E-state index contributed by atoms with van der Waals surface area (Å²) in [6.07, 6.45) is 3.15. The van der Waals surface area contributed by atoms with Gasteiger partial charge in [-0.3, -0.25) is 0 Å². The summed E-state index contributed by atoms with van der Waals surface area (Å²) >= 11 is 0. The predicted molar refractivity (Wildman–Crippen MR) is 91.1 cm³/mol. The van der Waals surface area contributed by atoms with E-state index >= 15 is 0 Å². The lowest BCUT2D eigenvalue weighted by molar-refractivity contribution is 0.416. The van der Waals surface area contributed by atoms with Crippen molar-refractivity contribution < 1.29 is 4.52 Å². The zero-order valence-corrected chi connectivity index (χ0v) is 13.9. The van der Waals surface area contributed by atoms with Crippen LogP contribution in [0.5, 0.6) is 0 Å². The molecule has 1 aliphatic rings. The Morgan fingerprint density at radius 1 is 1.29 bits per heavy atom. The minimum atomic E-state index is 0.302. The molecule has 1 atom stereocenters. The van der Waals surface area contributed by atoms with E-state index in [1.54, 1.807) is 0 Å². The Hall–Kier alpha value is -2.47. The maximum atomic E-state index is 5.52. The van der Waals surface area contributed by atoms with Crippen LogP contribution in [0, 0.1) is 0 Å². The second-order valence-corrected chi connectivity index (χ2v) is 6.39. The molecule has 0 radical (unpaired) electrons. The van der Waals surface area contributed by atoms with Crippen LogP contribution in [0.2, 0.25) is 0 Å². The molecule has 1 unspecified atom stereocenters. The number of rotatable bonds is 6. The molecule has 24 heavy (non-hydrogen) atoms. The number of hydrogen-bond acceptors (Lipinski definition) is 5. The first-order chi connectivity index (χ1) is 11.7. The highest BCUT2D eigenvalue weighted by Gasteiger charge is 2.29. The fourth-order valence-electron chi connectivity index (χ4n) is 2.71. The molecule has 1 saturated carbocycles. The highest BCUT2D eigenvalue weighted by Crippen LogP contribution is 2.40. The van der Waals surface area contributed by atoms with Gasteiger partial charge in [-0.2, -0.15) is 10.1 Å². The SMILES string of the molecule is CNC(C)Cc1noc(-c2cc(C3CC3)nn2-c2ccccc2)n1. The number of nitrogens with zero attached hydrogens (tertiary/aromatic N) is 4. The molecule has 1 aromatic carbocycles. The van der Waals surface area contributed by atoms with Crippen molar-refractivity contribution >= 4 is 0 Å². The third-order valence-corrected chi connectivity index (χ3v) is 4.39. The molecule has 6 heteroatoms. The maximum Gasteiger partial charge on any atom is 0.276 e. The molecule has 2 heterocycles. The fourth-order valence-corrected chi connectivity index (χ4v) is 2.71. The van der Waals surface area contributed by atoms with Gasteiger partial charge < -0.3 is 9.84 Å². The molecular weight excluding hydrogens is 302 g/mol. The van der Waals surface area contributed by atoms with Crippen molar-refractivity contribution in [1.29, 1.82) is 0 Å². The van der Waals surface area contributed by atoms with E-state index in [4.69, 9.17) is 9.62 Å². The molecule has 3 aromatic rings. The smallest absolute Gasteiger partial charge is 0.276 e. The van der Waals surface area contributed by atoms with Crippen molar-refractivity contribution in [3.63, 3.8) is 0 Å². The molecule has 1 N–H and O–H groups in total. The molecule has 0 aliphatic heterocycles. The summed E-state index contributed by atoms with van der Waals surface area (Å²) in [5, 5.41) is 12.1. The Balaban J connectivity index is 1.71. The number of para-hydroxylation sites is 1. The Labute approximate surface area is 140 Å². The largest absolute Gasteiger partial charge is 0.332 e. The average Bonchev–Trinajstić information content (AvgIpc) is 3.20. The molecule has 1 fully saturated rings. The van der Waals surface area contributed by atoms with Crippen LogP contribution in [0.25, 0.3) is 17.3 Å². The van der Waals surface area contributed by atoms with Gasteiger partial charge in [-0.1, -0.05) is 23.4 Å². The Bertz CT molecular complexity index is 819. The molecule has 0 amide bonds. The van der Waals surface area contributed by atoms with Crippen molar-refractivity contribution in [2.24, 2.45) is 0 Å². The van der Waals surface area contributed by atoms with Gasteiger partial charge in [0.05, 0.1) is 11.4 Å². The van der Waals surface area contributed by atoms with E-state index in [1.165, 1.54) is 12.8 Å². The molecule has 4 rings (SSSR count). The molecule has 0 bridgehead atoms. The minimum absolute atomic E-state index is 0.302. The highest BCUT2D eigenvalue weighted by molar-refractivity contribution is 5.54. The van der Waals surface area contributed by atoms with Crippen LogP contribution in [-0.4, -0.2) is 33.0 Å². The summed E-state index contributed by atoms with van der Waals surface area (Å²) in [5.74, 6) is 1.80. The summed E-state index contributed by atoms with van der Waals surface area (Å²) in [5.41, 5.74) is 2.97. The Morgan fingerprint density at radius 3 is 2.79 bits per heavy atom. The first kappa shape index (κ1) is 15.1. The third-order valence-electron chi connectivity index (χ3n) is 4.39. The van der Waals surface area contributed by atoms with E-state index < -0.39 is 0 Å². The molecular formula is C18H21N5O. The zero-order chi connectivity index (χ0) is 16.5. The van der Waals surface area contributed by atoms with Crippen LogP contribution in [0.1, 0.15) is 37.2 Å². The third kappa shape index (κ3) is 2.97. The van der Waals surface area contributed by atoms with Crippen molar-refractivity contribution in [2.45, 2.75) is 38.1 Å². The predicted octanol–water partition coefficient (Wildman–Crippen LogP) is 2.95. The summed E-state index contributed by atoms with van der Waals surface area (Å²) in [6.45, 7) is 2.09. The van der Waals surface area contributed by atoms with Crippen LogP contribution >= 0.6 is 0 Å². The monoisotopic (exact) mass is 323 g/mol. The topological polar surface area (TPSA) is 68.8 Å². The van der Waals surface area contributed by atoms with E-state index in [0.717, 1.165) is 23.5 Å². The van der Waals surface area contributed by atoms with Crippen LogP contribution < -0.4 is 5.32 Å². The quantitative estimate of drug-likeness (QED) is 0.755. The van der Waals surface area contributed by atoms with Crippen molar-refractivity contribution in [2.75, 3.05) is 7.05 Å². The Morgan fingerprint density at radius 2 is 2.08 bits per heavy atom. The first-order valence-electron chi connectivity index (χ1n) is 8.40. The number of benzene rings is 1. The lowest BCUT2D eigenvalue weighted by Gasteiger charge is -2.05. The number of likely N-dealkylation sites (N-methyl/N-ethyl adjacent to an activating group) is 1. The van der Waals surface area contributed by atoms with Crippen LogP contribution in [0.3, 0.4) is 0 Å². The highest BCUT2D eigenvalue weighted by atomic mass is 16.5. The fraction of sp³-hybridized carbons (Fsp3) is 0.389. The van der Waals surface area contributed by atoms with Crippen LogP contribution in [0.4, 0.5) is 0 Å².